The van der Waals surface area contributed by atoms with Gasteiger partial charge >= 0.3 is 5.97 Å². The molecule has 0 atom stereocenters. The standard InChI is InChI=1S/C21H24O4/c1-3-4-8-15-24-19-13-11-17(16-20(19)23-2)12-14-21(22)25-18-9-6-5-7-10-18/h5-7,9-14,16H,3-4,8,15H2,1-2H3/b14-12+. The first-order valence-electron chi connectivity index (χ1n) is 8.48. The van der Waals surface area contributed by atoms with Crippen LogP contribution in [0.15, 0.2) is 54.6 Å². The second-order valence-electron chi connectivity index (χ2n) is 5.53. The molecule has 2 aromatic carbocycles. The molecule has 2 rings (SSSR count). The summed E-state index contributed by atoms with van der Waals surface area (Å²) in [5.41, 5.74) is 0.836. The molecule has 0 amide bonds. The topological polar surface area (TPSA) is 44.8 Å². The van der Waals surface area contributed by atoms with Gasteiger partial charge in [-0.1, -0.05) is 44.0 Å². The van der Waals surface area contributed by atoms with Gasteiger partial charge in [-0.15, -0.1) is 0 Å². The normalized spacial score (nSPS) is 10.6. The van der Waals surface area contributed by atoms with Crippen molar-refractivity contribution in [1.82, 2.24) is 0 Å². The van der Waals surface area contributed by atoms with Crippen molar-refractivity contribution < 1.29 is 19.0 Å². The highest BCUT2D eigenvalue weighted by Gasteiger charge is 2.05. The van der Waals surface area contributed by atoms with Gasteiger partial charge in [0.25, 0.3) is 0 Å². The summed E-state index contributed by atoms with van der Waals surface area (Å²) in [6.45, 7) is 2.83. The first-order valence-corrected chi connectivity index (χ1v) is 8.48. The van der Waals surface area contributed by atoms with E-state index in [9.17, 15) is 4.79 Å². The zero-order chi connectivity index (χ0) is 17.9. The lowest BCUT2D eigenvalue weighted by molar-refractivity contribution is -0.128. The van der Waals surface area contributed by atoms with Crippen molar-refractivity contribution in [3.05, 3.63) is 60.2 Å². The highest BCUT2D eigenvalue weighted by atomic mass is 16.5. The van der Waals surface area contributed by atoms with Crippen LogP contribution in [0, 0.1) is 0 Å². The van der Waals surface area contributed by atoms with Gasteiger partial charge in [-0.25, -0.2) is 4.79 Å². The predicted octanol–water partition coefficient (Wildman–Crippen LogP) is 4.88. The van der Waals surface area contributed by atoms with Crippen molar-refractivity contribution in [2.75, 3.05) is 13.7 Å². The summed E-state index contributed by atoms with van der Waals surface area (Å²) in [6.07, 6.45) is 6.40. The van der Waals surface area contributed by atoms with E-state index in [4.69, 9.17) is 14.2 Å². The Kier molecular flexibility index (Phi) is 7.57. The molecule has 0 aliphatic rings. The van der Waals surface area contributed by atoms with Crippen LogP contribution in [0.4, 0.5) is 0 Å². The summed E-state index contributed by atoms with van der Waals surface area (Å²) < 4.78 is 16.3. The van der Waals surface area contributed by atoms with Gasteiger partial charge in [0.2, 0.25) is 0 Å². The van der Waals surface area contributed by atoms with Crippen LogP contribution in [0.5, 0.6) is 17.2 Å². The van der Waals surface area contributed by atoms with E-state index in [1.165, 1.54) is 6.08 Å². The molecule has 0 spiro atoms. The smallest absolute Gasteiger partial charge is 0.336 e. The molecule has 0 heterocycles. The van der Waals surface area contributed by atoms with Crippen molar-refractivity contribution >= 4 is 12.0 Å². The number of ether oxygens (including phenoxy) is 3. The van der Waals surface area contributed by atoms with Crippen molar-refractivity contribution in [2.24, 2.45) is 0 Å². The molecule has 0 saturated heterocycles. The largest absolute Gasteiger partial charge is 0.493 e. The van der Waals surface area contributed by atoms with Crippen molar-refractivity contribution in [1.29, 1.82) is 0 Å². The minimum Gasteiger partial charge on any atom is -0.493 e. The van der Waals surface area contributed by atoms with E-state index in [0.29, 0.717) is 23.9 Å². The molecule has 0 aromatic heterocycles. The Bertz CT molecular complexity index is 692. The number of para-hydroxylation sites is 1. The van der Waals surface area contributed by atoms with E-state index < -0.39 is 5.97 Å². The van der Waals surface area contributed by atoms with E-state index in [1.54, 1.807) is 25.3 Å². The predicted molar refractivity (Wildman–Crippen MR) is 99.1 cm³/mol. The average Bonchev–Trinajstić information content (AvgIpc) is 2.65. The molecule has 0 saturated carbocycles. The molecule has 0 unspecified atom stereocenters. The second-order valence-corrected chi connectivity index (χ2v) is 5.53. The zero-order valence-electron chi connectivity index (χ0n) is 14.7. The Morgan fingerprint density at radius 3 is 2.56 bits per heavy atom. The Hall–Kier alpha value is -2.75. The number of benzene rings is 2. The van der Waals surface area contributed by atoms with Gasteiger partial charge in [0.15, 0.2) is 11.5 Å². The lowest BCUT2D eigenvalue weighted by Crippen LogP contribution is -2.03. The minimum absolute atomic E-state index is 0.426. The van der Waals surface area contributed by atoms with E-state index in [1.807, 2.05) is 36.4 Å². The SMILES string of the molecule is CCCCCOc1ccc(/C=C/C(=O)Oc2ccccc2)cc1OC. The molecule has 25 heavy (non-hydrogen) atoms. The Morgan fingerprint density at radius 1 is 1.04 bits per heavy atom. The maximum atomic E-state index is 11.8. The van der Waals surface area contributed by atoms with Crippen LogP contribution in [0.1, 0.15) is 31.7 Å². The number of unbranched alkanes of at least 4 members (excludes halogenated alkanes) is 2. The quantitative estimate of drug-likeness (QED) is 0.282. The fourth-order valence-corrected chi connectivity index (χ4v) is 2.24. The number of hydrogen-bond acceptors (Lipinski definition) is 4. The number of methoxy groups -OCH3 is 1. The lowest BCUT2D eigenvalue weighted by atomic mass is 10.2. The van der Waals surface area contributed by atoms with Gasteiger partial charge in [-0.2, -0.15) is 0 Å². The third-order valence-corrected chi connectivity index (χ3v) is 3.57. The molecule has 2 aromatic rings. The maximum Gasteiger partial charge on any atom is 0.336 e. The highest BCUT2D eigenvalue weighted by Crippen LogP contribution is 2.28. The van der Waals surface area contributed by atoms with Gasteiger partial charge in [0, 0.05) is 6.08 Å². The molecule has 0 fully saturated rings. The first-order chi connectivity index (χ1) is 12.2. The molecular formula is C21H24O4. The fraction of sp³-hybridized carbons (Fsp3) is 0.286. The van der Waals surface area contributed by atoms with E-state index >= 15 is 0 Å². The minimum atomic E-state index is -0.426. The molecule has 4 nitrogen and oxygen atoms in total. The molecular weight excluding hydrogens is 316 g/mol. The van der Waals surface area contributed by atoms with E-state index in [0.717, 1.165) is 24.8 Å². The summed E-state index contributed by atoms with van der Waals surface area (Å²) in [6, 6.07) is 14.5. The van der Waals surface area contributed by atoms with Gasteiger partial charge in [-0.05, 0) is 42.3 Å². The average molecular weight is 340 g/mol. The number of carbonyl (C=O) groups is 1. The Labute approximate surface area is 149 Å². The molecule has 0 aliphatic carbocycles. The third kappa shape index (κ3) is 6.34. The van der Waals surface area contributed by atoms with Crippen LogP contribution in [-0.2, 0) is 4.79 Å². The summed E-state index contributed by atoms with van der Waals surface area (Å²) in [4.78, 5) is 11.8. The molecule has 0 radical (unpaired) electrons. The molecule has 132 valence electrons. The Morgan fingerprint density at radius 2 is 1.84 bits per heavy atom. The van der Waals surface area contributed by atoms with Gasteiger partial charge in [0.05, 0.1) is 13.7 Å². The molecule has 0 aliphatic heterocycles. The molecule has 4 heteroatoms. The summed E-state index contributed by atoms with van der Waals surface area (Å²) in [5.74, 6) is 1.45. The molecule has 0 bridgehead atoms. The number of hydrogen-bond donors (Lipinski definition) is 0. The Balaban J connectivity index is 1.96. The van der Waals surface area contributed by atoms with Crippen molar-refractivity contribution in [3.63, 3.8) is 0 Å². The highest BCUT2D eigenvalue weighted by molar-refractivity contribution is 5.88. The second kappa shape index (κ2) is 10.2. The van der Waals surface area contributed by atoms with Crippen LogP contribution in [0.25, 0.3) is 6.08 Å². The van der Waals surface area contributed by atoms with Crippen LogP contribution in [0.2, 0.25) is 0 Å². The van der Waals surface area contributed by atoms with Gasteiger partial charge in [-0.3, -0.25) is 0 Å². The fourth-order valence-electron chi connectivity index (χ4n) is 2.24. The van der Waals surface area contributed by atoms with Gasteiger partial charge < -0.3 is 14.2 Å². The number of rotatable bonds is 9. The maximum absolute atomic E-state index is 11.8. The summed E-state index contributed by atoms with van der Waals surface area (Å²) >= 11 is 0. The summed E-state index contributed by atoms with van der Waals surface area (Å²) in [5, 5.41) is 0. The lowest BCUT2D eigenvalue weighted by Gasteiger charge is -2.11. The van der Waals surface area contributed by atoms with E-state index in [-0.39, 0.29) is 0 Å². The van der Waals surface area contributed by atoms with Gasteiger partial charge in [0.1, 0.15) is 5.75 Å². The number of carbonyl (C=O) groups excluding carboxylic acids is 1. The van der Waals surface area contributed by atoms with Crippen LogP contribution >= 0.6 is 0 Å². The number of esters is 1. The van der Waals surface area contributed by atoms with Crippen LogP contribution in [-0.4, -0.2) is 19.7 Å². The van der Waals surface area contributed by atoms with Crippen molar-refractivity contribution in [3.8, 4) is 17.2 Å². The summed E-state index contributed by atoms with van der Waals surface area (Å²) in [7, 11) is 1.60. The van der Waals surface area contributed by atoms with Crippen molar-refractivity contribution in [2.45, 2.75) is 26.2 Å². The third-order valence-electron chi connectivity index (χ3n) is 3.57. The first kappa shape index (κ1) is 18.6. The monoisotopic (exact) mass is 340 g/mol. The zero-order valence-corrected chi connectivity index (χ0v) is 14.7. The molecule has 0 N–H and O–H groups in total. The van der Waals surface area contributed by atoms with Crippen LogP contribution in [0.3, 0.4) is 0 Å². The van der Waals surface area contributed by atoms with Crippen LogP contribution < -0.4 is 14.2 Å². The van der Waals surface area contributed by atoms with E-state index in [2.05, 4.69) is 6.92 Å².